The van der Waals surface area contributed by atoms with Crippen LogP contribution in [0.1, 0.15) is 58.6 Å². The third kappa shape index (κ3) is 11.7. The van der Waals surface area contributed by atoms with Gasteiger partial charge in [-0.25, -0.2) is 10.5 Å². The van der Waals surface area contributed by atoms with Gasteiger partial charge in [-0.2, -0.15) is 38.2 Å². The summed E-state index contributed by atoms with van der Waals surface area (Å²) in [7, 11) is -18.2. The van der Waals surface area contributed by atoms with Gasteiger partial charge in [-0.1, -0.05) is 59.9 Å². The Morgan fingerprint density at radius 2 is 1.37 bits per heavy atom. The summed E-state index contributed by atoms with van der Waals surface area (Å²) in [4.78, 5) is 1.33. The predicted octanol–water partition coefficient (Wildman–Crippen LogP) is 8.02. The predicted molar refractivity (Wildman–Crippen MR) is 254 cm³/mol. The van der Waals surface area contributed by atoms with E-state index in [9.17, 15) is 51.9 Å². The highest BCUT2D eigenvalue weighted by atomic mass is 32.2. The van der Waals surface area contributed by atoms with E-state index >= 15 is 0 Å². The standard InChI is InChI=1S/C42H46N2O18S6/c1-26(10-6-12-35-41(2,3)39-31(43(35)18-8-20-65(47,48)49)17-15-28-23-30(67(53,54)55)25-33(37(28)39)64-62-60-46)11-7-13-36-42(4,5)40-32(44(36)19-9-21-66(50,51)52)16-14-27-22-29(63-61-59-45)24-34(38(27)40)68(56,57)58/h6-7,10-17,22-25H,8-9,18-21H2,1-5H3,(H5-,45,46,47,48,49,50,51,52,53,54,55,56,57,58)/p+1. The highest BCUT2D eigenvalue weighted by Gasteiger charge is 2.47. The summed E-state index contributed by atoms with van der Waals surface area (Å²) in [5.74, 6) is -1.08. The molecule has 0 unspecified atom stereocenters. The number of hydrogen-bond acceptors (Lipinski definition) is 17. The first-order valence-corrected chi connectivity index (χ1v) is 27.7. The second kappa shape index (κ2) is 20.3. The van der Waals surface area contributed by atoms with Crippen LogP contribution in [0.5, 0.6) is 0 Å². The third-order valence-corrected chi connectivity index (χ3v) is 16.0. The second-order valence-electron chi connectivity index (χ2n) is 16.8. The van der Waals surface area contributed by atoms with Crippen LogP contribution in [0.2, 0.25) is 0 Å². The number of benzene rings is 4. The zero-order valence-corrected chi connectivity index (χ0v) is 41.7. The summed E-state index contributed by atoms with van der Waals surface area (Å²) in [6, 6.07) is 11.9. The molecule has 20 nitrogen and oxygen atoms in total. The first-order valence-electron chi connectivity index (χ1n) is 20.1. The second-order valence-corrected chi connectivity index (χ2v) is 24.2. The Labute approximate surface area is 401 Å². The minimum Gasteiger partial charge on any atom is -0.344 e. The summed E-state index contributed by atoms with van der Waals surface area (Å²) < 4.78 is 148. The first kappa shape index (κ1) is 53.3. The van der Waals surface area contributed by atoms with E-state index in [2.05, 4.69) is 14.4 Å². The molecule has 4 aromatic rings. The van der Waals surface area contributed by atoms with E-state index in [0.717, 1.165) is 17.7 Å². The lowest BCUT2D eigenvalue weighted by Gasteiger charge is -2.27. The maximum atomic E-state index is 12.9. The largest absolute Gasteiger partial charge is 0.344 e. The summed E-state index contributed by atoms with van der Waals surface area (Å²) in [5, 5.41) is 26.6. The third-order valence-electron chi connectivity index (χ3n) is 11.4. The lowest BCUT2D eigenvalue weighted by molar-refractivity contribution is -0.437. The van der Waals surface area contributed by atoms with Crippen LogP contribution in [-0.4, -0.2) is 97.3 Å². The van der Waals surface area contributed by atoms with Crippen molar-refractivity contribution in [1.82, 2.24) is 0 Å². The van der Waals surface area contributed by atoms with Crippen LogP contribution in [0.15, 0.2) is 116 Å². The summed E-state index contributed by atoms with van der Waals surface area (Å²) in [6.07, 6.45) is 10.7. The molecule has 0 saturated carbocycles. The highest BCUT2D eigenvalue weighted by Crippen LogP contribution is 2.53. The number of nitrogens with zero attached hydrogens (tertiary/aromatic N) is 2. The molecule has 68 heavy (non-hydrogen) atoms. The molecule has 0 amide bonds. The van der Waals surface area contributed by atoms with Gasteiger partial charge in [-0.15, -0.1) is 8.67 Å². The molecule has 2 heterocycles. The molecule has 0 radical (unpaired) electrons. The van der Waals surface area contributed by atoms with Gasteiger partial charge in [-0.3, -0.25) is 18.2 Å². The van der Waals surface area contributed by atoms with Crippen molar-refractivity contribution in [3.05, 3.63) is 107 Å². The Bertz CT molecular complexity index is 3290. The molecular formula is C42H47N2O18S6+. The van der Waals surface area contributed by atoms with Gasteiger partial charge in [0.25, 0.3) is 40.5 Å². The topological polar surface area (TPSA) is 301 Å². The van der Waals surface area contributed by atoms with E-state index in [1.807, 2.05) is 50.2 Å². The van der Waals surface area contributed by atoms with E-state index < -0.39 is 72.6 Å². The molecule has 2 aliphatic rings. The van der Waals surface area contributed by atoms with Crippen molar-refractivity contribution in [2.75, 3.05) is 29.5 Å². The molecule has 0 aromatic heterocycles. The summed E-state index contributed by atoms with van der Waals surface area (Å²) in [6.45, 7) is 9.51. The normalized spacial score (nSPS) is 17.2. The van der Waals surface area contributed by atoms with Gasteiger partial charge in [0.15, 0.2) is 5.71 Å². The van der Waals surface area contributed by atoms with Crippen molar-refractivity contribution in [1.29, 1.82) is 0 Å². The van der Waals surface area contributed by atoms with Crippen LogP contribution < -0.4 is 4.90 Å². The van der Waals surface area contributed by atoms with E-state index in [0.29, 0.717) is 74.2 Å². The van der Waals surface area contributed by atoms with Gasteiger partial charge >= 0.3 is 0 Å². The molecular weight excluding hydrogens is 1010 g/mol. The maximum absolute atomic E-state index is 12.9. The average molecular weight is 1060 g/mol. The highest BCUT2D eigenvalue weighted by molar-refractivity contribution is 7.95. The van der Waals surface area contributed by atoms with Crippen LogP contribution >= 0.6 is 24.1 Å². The Balaban J connectivity index is 1.41. The van der Waals surface area contributed by atoms with Crippen molar-refractivity contribution in [2.45, 2.75) is 77.9 Å². The molecule has 0 atom stereocenters. The van der Waals surface area contributed by atoms with Gasteiger partial charge in [0, 0.05) is 68.0 Å². The van der Waals surface area contributed by atoms with Crippen LogP contribution in [0, 0.1) is 0 Å². The molecule has 0 saturated heterocycles. The Morgan fingerprint density at radius 1 is 0.735 bits per heavy atom. The molecule has 26 heteroatoms. The number of hydrogen-bond donors (Lipinski definition) is 6. The Hall–Kier alpha value is -4.07. The number of anilines is 1. The average Bonchev–Trinajstić information content (AvgIpc) is 3.57. The van der Waals surface area contributed by atoms with Crippen molar-refractivity contribution < 1.29 is 85.7 Å². The van der Waals surface area contributed by atoms with E-state index in [4.69, 9.17) is 14.8 Å². The summed E-state index contributed by atoms with van der Waals surface area (Å²) >= 11 is 1.00. The fourth-order valence-corrected chi connectivity index (χ4v) is 12.2. The van der Waals surface area contributed by atoms with Crippen LogP contribution in [-0.2, 0) is 70.0 Å². The zero-order valence-electron chi connectivity index (χ0n) is 36.8. The molecule has 6 N–H and O–H groups in total. The monoisotopic (exact) mass is 1060 g/mol. The van der Waals surface area contributed by atoms with Crippen LogP contribution in [0.25, 0.3) is 21.5 Å². The smallest absolute Gasteiger partial charge is 0.295 e. The quantitative estimate of drug-likeness (QED) is 0.0122. The fourth-order valence-electron chi connectivity index (χ4n) is 8.78. The number of fused-ring (bicyclic) bond motifs is 6. The van der Waals surface area contributed by atoms with E-state index in [-0.39, 0.29) is 41.1 Å². The fraction of sp³-hybridized carbons (Fsp3) is 0.310. The lowest BCUT2D eigenvalue weighted by Crippen LogP contribution is -2.28. The Morgan fingerprint density at radius 3 is 2.00 bits per heavy atom. The molecule has 2 aliphatic heterocycles. The maximum Gasteiger partial charge on any atom is 0.295 e. The Kier molecular flexibility index (Phi) is 15.9. The molecule has 0 spiro atoms. The van der Waals surface area contributed by atoms with Crippen molar-refractivity contribution in [2.24, 2.45) is 0 Å². The van der Waals surface area contributed by atoms with Gasteiger partial charge in [-0.05, 0) is 86.0 Å². The summed E-state index contributed by atoms with van der Waals surface area (Å²) in [5.41, 5.74) is 2.52. The minimum atomic E-state index is -4.86. The van der Waals surface area contributed by atoms with Crippen molar-refractivity contribution in [3.63, 3.8) is 0 Å². The number of rotatable bonds is 20. The van der Waals surface area contributed by atoms with Gasteiger partial charge in [0.2, 0.25) is 5.69 Å². The van der Waals surface area contributed by atoms with Crippen molar-refractivity contribution >= 4 is 103 Å². The van der Waals surface area contributed by atoms with E-state index in [1.165, 1.54) is 6.07 Å². The molecule has 0 fully saturated rings. The van der Waals surface area contributed by atoms with Crippen molar-refractivity contribution in [3.8, 4) is 0 Å². The number of allylic oxidation sites excluding steroid dienone is 8. The van der Waals surface area contributed by atoms with Gasteiger partial charge < -0.3 is 4.90 Å². The van der Waals surface area contributed by atoms with Crippen LogP contribution in [0.3, 0.4) is 0 Å². The molecule has 368 valence electrons. The molecule has 6 rings (SSSR count). The lowest BCUT2D eigenvalue weighted by atomic mass is 9.79. The van der Waals surface area contributed by atoms with Gasteiger partial charge in [0.05, 0.1) is 45.9 Å². The first-order chi connectivity index (χ1) is 31.6. The zero-order chi connectivity index (χ0) is 50.2. The molecule has 4 aromatic carbocycles. The van der Waals surface area contributed by atoms with Crippen LogP contribution in [0.4, 0.5) is 11.4 Å². The SMILES string of the molecule is CC(/C=C/C=C1/N(CCCS(=O)(=O)O)c2ccc3cc(S(=O)(=O)O)cc(SOOO)c3c2C1(C)C)=C\C=C\C1=[N+](CCCS(=O)(=O)O)c2ccc3cc(SOOO)cc(S(=O)(=O)O)c3c2C1(C)C. The molecule has 0 bridgehead atoms. The van der Waals surface area contributed by atoms with E-state index in [1.54, 1.807) is 60.7 Å². The minimum absolute atomic E-state index is 0.00527. The molecule has 0 aliphatic carbocycles. The van der Waals surface area contributed by atoms with Gasteiger partial charge in [0.1, 0.15) is 11.4 Å².